The van der Waals surface area contributed by atoms with E-state index in [1.54, 1.807) is 12.1 Å². The number of benzene rings is 2. The molecule has 2 heteroatoms. The van der Waals surface area contributed by atoms with Crippen LogP contribution in [0, 0.1) is 18.7 Å². The minimum atomic E-state index is -0.167. The number of aryl methyl sites for hydroxylation is 1. The Hall–Kier alpha value is -1.67. The molecule has 1 saturated carbocycles. The predicted octanol–water partition coefficient (Wildman–Crippen LogP) is 4.94. The van der Waals surface area contributed by atoms with E-state index in [0.717, 1.165) is 0 Å². The zero-order valence-corrected chi connectivity index (χ0v) is 12.6. The Kier molecular flexibility index (Phi) is 4.07. The van der Waals surface area contributed by atoms with E-state index >= 15 is 0 Å². The molecule has 0 aliphatic heterocycles. The standard InChI is InChI=1S/C19H22FN/c1-13-4-3-5-17(12-13)14(2)21-19(15-6-7-15)16-8-10-18(20)11-9-16/h3-5,8-12,14-15,19,21H,6-7H2,1-2H3/t14-,19?/m1/s1. The average Bonchev–Trinajstić information content (AvgIpc) is 3.30. The van der Waals surface area contributed by atoms with Gasteiger partial charge in [0.2, 0.25) is 0 Å². The molecule has 0 amide bonds. The molecule has 1 unspecified atom stereocenters. The Labute approximate surface area is 126 Å². The minimum Gasteiger partial charge on any atom is -0.303 e. The van der Waals surface area contributed by atoms with Gasteiger partial charge in [0.25, 0.3) is 0 Å². The summed E-state index contributed by atoms with van der Waals surface area (Å²) >= 11 is 0. The summed E-state index contributed by atoms with van der Waals surface area (Å²) in [6.45, 7) is 4.32. The van der Waals surface area contributed by atoms with Crippen molar-refractivity contribution in [3.05, 3.63) is 71.0 Å². The van der Waals surface area contributed by atoms with Gasteiger partial charge in [-0.25, -0.2) is 4.39 Å². The van der Waals surface area contributed by atoms with Gasteiger partial charge in [0, 0.05) is 12.1 Å². The highest BCUT2D eigenvalue weighted by Crippen LogP contribution is 2.42. The summed E-state index contributed by atoms with van der Waals surface area (Å²) in [7, 11) is 0. The Morgan fingerprint density at radius 2 is 1.76 bits per heavy atom. The first-order valence-corrected chi connectivity index (χ1v) is 7.71. The van der Waals surface area contributed by atoms with Crippen molar-refractivity contribution in [2.24, 2.45) is 5.92 Å². The largest absolute Gasteiger partial charge is 0.303 e. The highest BCUT2D eigenvalue weighted by molar-refractivity contribution is 5.27. The van der Waals surface area contributed by atoms with Crippen molar-refractivity contribution < 1.29 is 4.39 Å². The minimum absolute atomic E-state index is 0.167. The van der Waals surface area contributed by atoms with Gasteiger partial charge in [-0.3, -0.25) is 0 Å². The summed E-state index contributed by atoms with van der Waals surface area (Å²) in [5.41, 5.74) is 3.78. The molecule has 0 radical (unpaired) electrons. The Morgan fingerprint density at radius 1 is 1.05 bits per heavy atom. The third-order valence-electron chi connectivity index (χ3n) is 4.29. The molecular formula is C19H22FN. The molecule has 1 aliphatic carbocycles. The summed E-state index contributed by atoms with van der Waals surface area (Å²) in [5.74, 6) is 0.516. The van der Waals surface area contributed by atoms with Gasteiger partial charge in [-0.2, -0.15) is 0 Å². The molecule has 1 N–H and O–H groups in total. The highest BCUT2D eigenvalue weighted by Gasteiger charge is 2.33. The van der Waals surface area contributed by atoms with Crippen molar-refractivity contribution >= 4 is 0 Å². The van der Waals surface area contributed by atoms with E-state index in [1.165, 1.54) is 29.5 Å². The molecule has 1 nitrogen and oxygen atoms in total. The molecule has 2 aromatic rings. The zero-order valence-electron chi connectivity index (χ0n) is 12.6. The van der Waals surface area contributed by atoms with Gasteiger partial charge < -0.3 is 5.32 Å². The molecule has 2 atom stereocenters. The van der Waals surface area contributed by atoms with Crippen LogP contribution in [0.3, 0.4) is 0 Å². The van der Waals surface area contributed by atoms with Crippen molar-refractivity contribution in [2.45, 2.75) is 38.8 Å². The Morgan fingerprint density at radius 3 is 2.38 bits per heavy atom. The molecule has 110 valence electrons. The van der Waals surface area contributed by atoms with Crippen LogP contribution in [0.2, 0.25) is 0 Å². The number of hydrogen-bond acceptors (Lipinski definition) is 1. The molecule has 2 aromatic carbocycles. The van der Waals surface area contributed by atoms with E-state index in [2.05, 4.69) is 43.4 Å². The van der Waals surface area contributed by atoms with Crippen molar-refractivity contribution in [3.63, 3.8) is 0 Å². The Bertz CT molecular complexity index is 601. The van der Waals surface area contributed by atoms with Crippen LogP contribution in [0.15, 0.2) is 48.5 Å². The van der Waals surface area contributed by atoms with Gasteiger partial charge in [0.05, 0.1) is 0 Å². The van der Waals surface area contributed by atoms with Crippen LogP contribution >= 0.6 is 0 Å². The quantitative estimate of drug-likeness (QED) is 0.820. The summed E-state index contributed by atoms with van der Waals surface area (Å²) in [6.07, 6.45) is 2.52. The third-order valence-corrected chi connectivity index (χ3v) is 4.29. The normalized spacial score (nSPS) is 17.5. The SMILES string of the molecule is Cc1cccc([C@@H](C)NC(c2ccc(F)cc2)C2CC2)c1. The van der Waals surface area contributed by atoms with Crippen LogP contribution in [-0.4, -0.2) is 0 Å². The lowest BCUT2D eigenvalue weighted by atomic mass is 9.99. The van der Waals surface area contributed by atoms with Crippen LogP contribution in [0.1, 0.15) is 48.5 Å². The first-order chi connectivity index (χ1) is 10.1. The summed E-state index contributed by atoms with van der Waals surface area (Å²) in [5, 5.41) is 3.74. The van der Waals surface area contributed by atoms with Crippen LogP contribution < -0.4 is 5.32 Å². The van der Waals surface area contributed by atoms with Crippen molar-refractivity contribution in [1.29, 1.82) is 0 Å². The van der Waals surface area contributed by atoms with E-state index in [0.29, 0.717) is 18.0 Å². The van der Waals surface area contributed by atoms with Gasteiger partial charge in [-0.05, 0) is 55.9 Å². The number of halogens is 1. The first kappa shape index (κ1) is 14.3. The summed E-state index contributed by atoms with van der Waals surface area (Å²) in [4.78, 5) is 0. The number of rotatable bonds is 5. The van der Waals surface area contributed by atoms with Crippen molar-refractivity contribution in [1.82, 2.24) is 5.32 Å². The van der Waals surface area contributed by atoms with Gasteiger partial charge in [-0.1, -0.05) is 42.0 Å². The molecule has 1 fully saturated rings. The third kappa shape index (κ3) is 3.51. The molecule has 0 aromatic heterocycles. The second-order valence-corrected chi connectivity index (χ2v) is 6.17. The van der Waals surface area contributed by atoms with Gasteiger partial charge in [0.1, 0.15) is 5.82 Å². The summed E-state index contributed by atoms with van der Waals surface area (Å²) in [6, 6.07) is 16.2. The lowest BCUT2D eigenvalue weighted by molar-refractivity contribution is 0.427. The van der Waals surface area contributed by atoms with Crippen LogP contribution in [0.5, 0.6) is 0 Å². The van der Waals surface area contributed by atoms with Gasteiger partial charge in [0.15, 0.2) is 0 Å². The number of nitrogens with one attached hydrogen (secondary N) is 1. The van der Waals surface area contributed by atoms with Crippen LogP contribution in [-0.2, 0) is 0 Å². The second kappa shape index (κ2) is 5.98. The van der Waals surface area contributed by atoms with E-state index in [-0.39, 0.29) is 5.82 Å². The lowest BCUT2D eigenvalue weighted by Gasteiger charge is -2.24. The number of hydrogen-bond donors (Lipinski definition) is 1. The molecule has 0 bridgehead atoms. The van der Waals surface area contributed by atoms with E-state index in [1.807, 2.05) is 12.1 Å². The fourth-order valence-electron chi connectivity index (χ4n) is 2.91. The van der Waals surface area contributed by atoms with Crippen LogP contribution in [0.25, 0.3) is 0 Å². The predicted molar refractivity (Wildman–Crippen MR) is 84.6 cm³/mol. The molecule has 0 spiro atoms. The van der Waals surface area contributed by atoms with E-state index < -0.39 is 0 Å². The van der Waals surface area contributed by atoms with E-state index in [9.17, 15) is 4.39 Å². The topological polar surface area (TPSA) is 12.0 Å². The molecular weight excluding hydrogens is 261 g/mol. The maximum absolute atomic E-state index is 13.1. The van der Waals surface area contributed by atoms with Crippen LogP contribution in [0.4, 0.5) is 4.39 Å². The summed E-state index contributed by atoms with van der Waals surface area (Å²) < 4.78 is 13.1. The van der Waals surface area contributed by atoms with Gasteiger partial charge in [-0.15, -0.1) is 0 Å². The second-order valence-electron chi connectivity index (χ2n) is 6.17. The average molecular weight is 283 g/mol. The molecule has 0 heterocycles. The first-order valence-electron chi connectivity index (χ1n) is 7.71. The highest BCUT2D eigenvalue weighted by atomic mass is 19.1. The fourth-order valence-corrected chi connectivity index (χ4v) is 2.91. The van der Waals surface area contributed by atoms with E-state index in [4.69, 9.17) is 0 Å². The Balaban J connectivity index is 1.77. The van der Waals surface area contributed by atoms with Crippen molar-refractivity contribution in [3.8, 4) is 0 Å². The smallest absolute Gasteiger partial charge is 0.123 e. The van der Waals surface area contributed by atoms with Gasteiger partial charge >= 0.3 is 0 Å². The lowest BCUT2D eigenvalue weighted by Crippen LogP contribution is -2.26. The molecule has 3 rings (SSSR count). The van der Waals surface area contributed by atoms with Crippen molar-refractivity contribution in [2.75, 3.05) is 0 Å². The molecule has 1 aliphatic rings. The maximum atomic E-state index is 13.1. The zero-order chi connectivity index (χ0) is 14.8. The fraction of sp³-hybridized carbons (Fsp3) is 0.368. The monoisotopic (exact) mass is 283 g/mol. The molecule has 21 heavy (non-hydrogen) atoms. The maximum Gasteiger partial charge on any atom is 0.123 e. The molecule has 0 saturated heterocycles.